The molecule has 0 aliphatic rings. The van der Waals surface area contributed by atoms with Gasteiger partial charge in [0.15, 0.2) is 0 Å². The normalized spacial score (nSPS) is 12.2. The van der Waals surface area contributed by atoms with E-state index in [1.807, 2.05) is 13.8 Å². The first kappa shape index (κ1) is 16.2. The van der Waals surface area contributed by atoms with E-state index in [-0.39, 0.29) is 0 Å². The Morgan fingerprint density at radius 2 is 1.82 bits per heavy atom. The minimum Gasteiger partial charge on any atom is -0.489 e. The molecule has 0 aromatic heterocycles. The highest BCUT2D eigenvalue weighted by Crippen LogP contribution is 2.57. The minimum atomic E-state index is -3.30. The third-order valence-corrected chi connectivity index (χ3v) is 4.09. The van der Waals surface area contributed by atoms with Crippen molar-refractivity contribution in [2.24, 2.45) is 0 Å². The van der Waals surface area contributed by atoms with Crippen molar-refractivity contribution in [1.82, 2.24) is 0 Å². The molecule has 0 heterocycles. The summed E-state index contributed by atoms with van der Waals surface area (Å²) in [6.45, 7) is 9.43. The van der Waals surface area contributed by atoms with Crippen LogP contribution in [0.15, 0.2) is 35.4 Å². The van der Waals surface area contributed by atoms with Crippen LogP contribution in [-0.2, 0) is 18.3 Å². The van der Waals surface area contributed by atoms with Gasteiger partial charge in [-0.3, -0.25) is 4.57 Å². The molecule has 0 spiro atoms. The first-order valence-corrected chi connectivity index (χ1v) is 6.81. The van der Waals surface area contributed by atoms with Crippen molar-refractivity contribution in [3.63, 3.8) is 0 Å². The molecule has 5 heteroatoms. The fourth-order valence-corrected chi connectivity index (χ4v) is 2.70. The number of ether oxygens (including phenoxy) is 1. The van der Waals surface area contributed by atoms with Crippen LogP contribution in [0.3, 0.4) is 0 Å². The summed E-state index contributed by atoms with van der Waals surface area (Å²) in [6.07, 6.45) is 3.31. The van der Waals surface area contributed by atoms with Crippen LogP contribution in [0.1, 0.15) is 20.8 Å². The second-order valence-corrected chi connectivity index (χ2v) is 5.67. The molecule has 0 saturated heterocycles. The fourth-order valence-electron chi connectivity index (χ4n) is 1.30. The van der Waals surface area contributed by atoms with Gasteiger partial charge in [0.25, 0.3) is 0 Å². The van der Waals surface area contributed by atoms with E-state index in [9.17, 15) is 4.57 Å². The second kappa shape index (κ2) is 7.49. The third-order valence-electron chi connectivity index (χ3n) is 2.08. The second-order valence-electron chi connectivity index (χ2n) is 3.47. The van der Waals surface area contributed by atoms with E-state index in [1.54, 1.807) is 19.1 Å². The van der Waals surface area contributed by atoms with Crippen molar-refractivity contribution in [3.05, 3.63) is 35.4 Å². The van der Waals surface area contributed by atoms with Crippen molar-refractivity contribution < 1.29 is 18.3 Å². The molecule has 0 radical (unpaired) electrons. The van der Waals surface area contributed by atoms with Gasteiger partial charge in [0, 0.05) is 14.2 Å². The van der Waals surface area contributed by atoms with Gasteiger partial charge in [0.05, 0.1) is 0 Å². The molecular formula is C12H21O4P. The van der Waals surface area contributed by atoms with Gasteiger partial charge in [-0.2, -0.15) is 0 Å². The molecule has 0 bridgehead atoms. The lowest BCUT2D eigenvalue weighted by atomic mass is 10.2. The first-order valence-electron chi connectivity index (χ1n) is 5.26. The lowest BCUT2D eigenvalue weighted by Gasteiger charge is -2.20. The Labute approximate surface area is 103 Å². The zero-order chi connectivity index (χ0) is 13.5. The summed E-state index contributed by atoms with van der Waals surface area (Å²) in [5, 5.41) is 0.435. The first-order chi connectivity index (χ1) is 7.96. The lowest BCUT2D eigenvalue weighted by molar-refractivity contribution is 0.244. The third kappa shape index (κ3) is 4.15. The van der Waals surface area contributed by atoms with Crippen LogP contribution in [-0.4, -0.2) is 20.8 Å². The van der Waals surface area contributed by atoms with E-state index in [2.05, 4.69) is 6.58 Å². The van der Waals surface area contributed by atoms with Crippen LogP contribution in [0.5, 0.6) is 0 Å². The zero-order valence-corrected chi connectivity index (χ0v) is 12.0. The summed E-state index contributed by atoms with van der Waals surface area (Å²) in [4.78, 5) is 0. The van der Waals surface area contributed by atoms with Crippen molar-refractivity contribution in [3.8, 4) is 0 Å². The van der Waals surface area contributed by atoms with E-state index < -0.39 is 7.60 Å². The molecular weight excluding hydrogens is 239 g/mol. The van der Waals surface area contributed by atoms with Gasteiger partial charge in [-0.1, -0.05) is 18.7 Å². The van der Waals surface area contributed by atoms with Crippen LogP contribution in [0.25, 0.3) is 0 Å². The SMILES string of the molecule is C=CCOC(=C(C)C)/C(=C\C)P(=O)(OC)OC. The summed E-state index contributed by atoms with van der Waals surface area (Å²) in [5.41, 5.74) is 0.897. The molecule has 17 heavy (non-hydrogen) atoms. The Hall–Kier alpha value is -0.830. The van der Waals surface area contributed by atoms with Gasteiger partial charge in [0.2, 0.25) is 0 Å². The van der Waals surface area contributed by atoms with Crippen LogP contribution >= 0.6 is 7.60 Å². The van der Waals surface area contributed by atoms with Crippen LogP contribution < -0.4 is 0 Å². The lowest BCUT2D eigenvalue weighted by Crippen LogP contribution is -2.02. The average molecular weight is 260 g/mol. The average Bonchev–Trinajstić information content (AvgIpc) is 2.33. The van der Waals surface area contributed by atoms with Crippen LogP contribution in [0.2, 0.25) is 0 Å². The van der Waals surface area contributed by atoms with E-state index in [4.69, 9.17) is 13.8 Å². The van der Waals surface area contributed by atoms with E-state index >= 15 is 0 Å². The van der Waals surface area contributed by atoms with Crippen LogP contribution in [0.4, 0.5) is 0 Å². The maximum absolute atomic E-state index is 12.3. The Balaban J connectivity index is 5.43. The van der Waals surface area contributed by atoms with Crippen molar-refractivity contribution in [2.45, 2.75) is 20.8 Å². The van der Waals surface area contributed by atoms with E-state index in [0.717, 1.165) is 5.57 Å². The fraction of sp³-hybridized carbons (Fsp3) is 0.500. The Kier molecular flexibility index (Phi) is 7.12. The molecule has 0 atom stereocenters. The largest absolute Gasteiger partial charge is 0.489 e. The maximum atomic E-state index is 12.3. The number of rotatable bonds is 7. The van der Waals surface area contributed by atoms with Gasteiger partial charge in [-0.15, -0.1) is 0 Å². The van der Waals surface area contributed by atoms with Gasteiger partial charge in [-0.25, -0.2) is 0 Å². The molecule has 0 aromatic rings. The summed E-state index contributed by atoms with van der Waals surface area (Å²) in [6, 6.07) is 0. The van der Waals surface area contributed by atoms with Crippen molar-refractivity contribution >= 4 is 7.60 Å². The topological polar surface area (TPSA) is 44.8 Å². The molecule has 0 aromatic carbocycles. The van der Waals surface area contributed by atoms with Gasteiger partial charge >= 0.3 is 7.60 Å². The van der Waals surface area contributed by atoms with Crippen LogP contribution in [0, 0.1) is 0 Å². The number of hydrogen-bond acceptors (Lipinski definition) is 4. The molecule has 0 amide bonds. The van der Waals surface area contributed by atoms with E-state index in [0.29, 0.717) is 17.7 Å². The molecule has 4 nitrogen and oxygen atoms in total. The monoisotopic (exact) mass is 260 g/mol. The molecule has 0 fully saturated rings. The Morgan fingerprint density at radius 3 is 2.12 bits per heavy atom. The molecule has 0 aliphatic heterocycles. The van der Waals surface area contributed by atoms with Crippen molar-refractivity contribution in [1.29, 1.82) is 0 Å². The van der Waals surface area contributed by atoms with Crippen molar-refractivity contribution in [2.75, 3.05) is 20.8 Å². The zero-order valence-electron chi connectivity index (χ0n) is 11.1. The highest BCUT2D eigenvalue weighted by atomic mass is 31.2. The molecule has 0 N–H and O–H groups in total. The molecule has 98 valence electrons. The molecule has 0 saturated carbocycles. The molecule has 0 unspecified atom stereocenters. The predicted molar refractivity (Wildman–Crippen MR) is 69.9 cm³/mol. The predicted octanol–water partition coefficient (Wildman–Crippen LogP) is 3.87. The standard InChI is InChI=1S/C12H21O4P/c1-7-9-16-12(10(3)4)11(8-2)17(13,14-5)15-6/h7-8H,1,9H2,2-6H3/b11-8+. The van der Waals surface area contributed by atoms with Gasteiger partial charge in [-0.05, 0) is 26.3 Å². The minimum absolute atomic E-state index is 0.339. The summed E-state index contributed by atoms with van der Waals surface area (Å²) < 4.78 is 27.8. The van der Waals surface area contributed by atoms with Gasteiger partial charge in [0.1, 0.15) is 17.7 Å². The highest BCUT2D eigenvalue weighted by Gasteiger charge is 2.31. The number of allylic oxidation sites excluding steroid dienone is 3. The smallest absolute Gasteiger partial charge is 0.364 e. The summed E-state index contributed by atoms with van der Waals surface area (Å²) >= 11 is 0. The quantitative estimate of drug-likeness (QED) is 0.301. The van der Waals surface area contributed by atoms with Gasteiger partial charge < -0.3 is 13.8 Å². The number of hydrogen-bond donors (Lipinski definition) is 0. The molecule has 0 rings (SSSR count). The van der Waals surface area contributed by atoms with E-state index in [1.165, 1.54) is 14.2 Å². The highest BCUT2D eigenvalue weighted by molar-refractivity contribution is 7.58. The maximum Gasteiger partial charge on any atom is 0.364 e. The Morgan fingerprint density at radius 1 is 1.29 bits per heavy atom. The molecule has 0 aliphatic carbocycles. The Bertz CT molecular complexity index is 357. The summed E-state index contributed by atoms with van der Waals surface area (Å²) in [7, 11) is -0.595. The summed E-state index contributed by atoms with van der Waals surface area (Å²) in [5.74, 6) is 0.527.